The van der Waals surface area contributed by atoms with E-state index in [1.165, 1.54) is 37.3 Å². The Balaban J connectivity index is 1.23. The van der Waals surface area contributed by atoms with E-state index in [1.54, 1.807) is 10.4 Å². The molecule has 1 aromatic heterocycles. The molecular formula is C21H26FN3O4S. The number of fused-ring (bicyclic) bond motifs is 1. The number of amides is 2. The van der Waals surface area contributed by atoms with Crippen molar-refractivity contribution in [2.24, 2.45) is 5.92 Å². The molecule has 1 saturated carbocycles. The zero-order chi connectivity index (χ0) is 21.5. The summed E-state index contributed by atoms with van der Waals surface area (Å²) in [4.78, 5) is 30.6. The van der Waals surface area contributed by atoms with E-state index in [2.05, 4.69) is 10.3 Å². The number of rotatable bonds is 5. The number of halogens is 1. The molecule has 0 spiro atoms. The Kier molecular flexibility index (Phi) is 5.67. The third kappa shape index (κ3) is 4.41. The molecule has 1 aliphatic heterocycles. The summed E-state index contributed by atoms with van der Waals surface area (Å²) >= 11 is 1.36. The van der Waals surface area contributed by atoms with Crippen molar-refractivity contribution >= 4 is 33.4 Å². The molecule has 0 radical (unpaired) electrons. The van der Waals surface area contributed by atoms with E-state index < -0.39 is 5.60 Å². The van der Waals surface area contributed by atoms with Gasteiger partial charge in [0.05, 0.1) is 10.2 Å². The van der Waals surface area contributed by atoms with Gasteiger partial charge < -0.3 is 20.1 Å². The minimum Gasteiger partial charge on any atom is -0.488 e. The first-order valence-electron chi connectivity index (χ1n) is 10.2. The Morgan fingerprint density at radius 3 is 2.67 bits per heavy atom. The van der Waals surface area contributed by atoms with Gasteiger partial charge in [-0.2, -0.15) is 0 Å². The van der Waals surface area contributed by atoms with E-state index in [0.717, 1.165) is 4.70 Å². The molecule has 1 aliphatic carbocycles. The van der Waals surface area contributed by atoms with Crippen LogP contribution in [0, 0.1) is 11.7 Å². The summed E-state index contributed by atoms with van der Waals surface area (Å²) in [5.41, 5.74) is 0.943. The van der Waals surface area contributed by atoms with Gasteiger partial charge in [0.25, 0.3) is 5.91 Å². The number of aromatic nitrogens is 1. The maximum absolute atomic E-state index is 13.8. The van der Waals surface area contributed by atoms with Crippen LogP contribution in [0.15, 0.2) is 17.6 Å². The minimum absolute atomic E-state index is 0.000150. The number of hydrogen-bond acceptors (Lipinski definition) is 6. The molecule has 2 aromatic rings. The zero-order valence-corrected chi connectivity index (χ0v) is 17.9. The van der Waals surface area contributed by atoms with Gasteiger partial charge in [0.15, 0.2) is 0 Å². The molecule has 1 saturated heterocycles. The van der Waals surface area contributed by atoms with Gasteiger partial charge in [0, 0.05) is 31.1 Å². The van der Waals surface area contributed by atoms with Crippen molar-refractivity contribution in [2.45, 2.75) is 57.3 Å². The van der Waals surface area contributed by atoms with Crippen LogP contribution in [-0.4, -0.2) is 57.6 Å². The van der Waals surface area contributed by atoms with Gasteiger partial charge in [0.2, 0.25) is 5.91 Å². The van der Waals surface area contributed by atoms with Gasteiger partial charge in [-0.05, 0) is 45.6 Å². The number of ether oxygens (including phenoxy) is 1. The summed E-state index contributed by atoms with van der Waals surface area (Å²) in [5, 5.41) is 12.9. The fourth-order valence-electron chi connectivity index (χ4n) is 3.98. The number of likely N-dealkylation sites (tertiary alicyclic amines) is 1. The Hall–Kier alpha value is -2.26. The minimum atomic E-state index is -1.37. The standard InChI is InChI=1S/C21H26FN3O4S/c1-21(2,28)20(27)25-5-3-14(4-6-25)24-19(26)12-7-15(8-12)29-16-9-13(22)10-17-18(16)23-11-30-17/h9-12,14-15,28H,3-8H2,1-2H3,(H,24,26). The molecule has 2 fully saturated rings. The van der Waals surface area contributed by atoms with Gasteiger partial charge >= 0.3 is 0 Å². The van der Waals surface area contributed by atoms with Crippen LogP contribution in [0.5, 0.6) is 5.75 Å². The summed E-state index contributed by atoms with van der Waals surface area (Å²) in [6, 6.07) is 2.82. The number of carbonyl (C=O) groups excluding carboxylic acids is 2. The lowest BCUT2D eigenvalue weighted by Gasteiger charge is -2.38. The lowest BCUT2D eigenvalue weighted by atomic mass is 9.81. The van der Waals surface area contributed by atoms with E-state index in [-0.39, 0.29) is 35.7 Å². The number of carbonyl (C=O) groups is 2. The first-order chi connectivity index (χ1) is 14.2. The van der Waals surface area contributed by atoms with Crippen molar-refractivity contribution in [1.29, 1.82) is 0 Å². The second kappa shape index (κ2) is 8.11. The van der Waals surface area contributed by atoms with Crippen molar-refractivity contribution < 1.29 is 23.8 Å². The van der Waals surface area contributed by atoms with Gasteiger partial charge in [-0.3, -0.25) is 9.59 Å². The number of nitrogens with one attached hydrogen (secondary N) is 1. The highest BCUT2D eigenvalue weighted by Gasteiger charge is 2.38. The van der Waals surface area contributed by atoms with Gasteiger partial charge in [0.1, 0.15) is 28.8 Å². The third-order valence-corrected chi connectivity index (χ3v) is 6.55. The van der Waals surface area contributed by atoms with Gasteiger partial charge in [-0.15, -0.1) is 11.3 Å². The smallest absolute Gasteiger partial charge is 0.253 e. The Bertz CT molecular complexity index is 943. The summed E-state index contributed by atoms with van der Waals surface area (Å²) < 4.78 is 20.4. The summed E-state index contributed by atoms with van der Waals surface area (Å²) in [6.07, 6.45) is 2.39. The molecule has 0 bridgehead atoms. The SMILES string of the molecule is CC(C)(O)C(=O)N1CCC(NC(=O)C2CC(Oc3cc(F)cc4scnc34)C2)CC1. The van der Waals surface area contributed by atoms with Gasteiger partial charge in [-0.25, -0.2) is 9.37 Å². The second-order valence-corrected chi connectivity index (χ2v) is 9.53. The fourth-order valence-corrected chi connectivity index (χ4v) is 4.70. The van der Waals surface area contributed by atoms with Crippen LogP contribution >= 0.6 is 11.3 Å². The van der Waals surface area contributed by atoms with Crippen molar-refractivity contribution in [2.75, 3.05) is 13.1 Å². The quantitative estimate of drug-likeness (QED) is 0.753. The molecule has 2 heterocycles. The Morgan fingerprint density at radius 1 is 1.30 bits per heavy atom. The summed E-state index contributed by atoms with van der Waals surface area (Å²) in [6.45, 7) is 4.02. The number of aliphatic hydroxyl groups is 1. The highest BCUT2D eigenvalue weighted by Crippen LogP contribution is 2.35. The number of thiazole rings is 1. The first kappa shape index (κ1) is 21.0. The highest BCUT2D eigenvalue weighted by molar-refractivity contribution is 7.16. The van der Waals surface area contributed by atoms with Crippen molar-refractivity contribution in [3.8, 4) is 5.75 Å². The van der Waals surface area contributed by atoms with Crippen LogP contribution in [0.3, 0.4) is 0 Å². The molecule has 4 rings (SSSR count). The largest absolute Gasteiger partial charge is 0.488 e. The topological polar surface area (TPSA) is 91.8 Å². The lowest BCUT2D eigenvalue weighted by Crippen LogP contribution is -2.53. The zero-order valence-electron chi connectivity index (χ0n) is 17.1. The molecule has 2 N–H and O–H groups in total. The Labute approximate surface area is 178 Å². The second-order valence-electron chi connectivity index (χ2n) is 8.65. The van der Waals surface area contributed by atoms with Crippen LogP contribution in [0.1, 0.15) is 39.5 Å². The molecule has 2 amide bonds. The van der Waals surface area contributed by atoms with E-state index in [9.17, 15) is 19.1 Å². The third-order valence-electron chi connectivity index (χ3n) is 5.78. The van der Waals surface area contributed by atoms with E-state index in [1.807, 2.05) is 0 Å². The molecule has 1 aromatic carbocycles. The average Bonchev–Trinajstić information content (AvgIpc) is 3.11. The first-order valence-corrected chi connectivity index (χ1v) is 11.1. The maximum atomic E-state index is 13.8. The van der Waals surface area contributed by atoms with Crippen molar-refractivity contribution in [1.82, 2.24) is 15.2 Å². The van der Waals surface area contributed by atoms with Crippen LogP contribution in [0.4, 0.5) is 4.39 Å². The van der Waals surface area contributed by atoms with E-state index >= 15 is 0 Å². The molecule has 162 valence electrons. The molecule has 2 aliphatic rings. The summed E-state index contributed by atoms with van der Waals surface area (Å²) in [5.74, 6) is -0.327. The van der Waals surface area contributed by atoms with Crippen LogP contribution < -0.4 is 10.1 Å². The summed E-state index contributed by atoms with van der Waals surface area (Å²) in [7, 11) is 0. The predicted octanol–water partition coefficient (Wildman–Crippen LogP) is 2.47. The van der Waals surface area contributed by atoms with E-state index in [0.29, 0.717) is 50.0 Å². The Morgan fingerprint density at radius 2 is 2.00 bits per heavy atom. The highest BCUT2D eigenvalue weighted by atomic mass is 32.1. The van der Waals surface area contributed by atoms with Crippen molar-refractivity contribution in [3.05, 3.63) is 23.5 Å². The average molecular weight is 436 g/mol. The monoisotopic (exact) mass is 435 g/mol. The molecule has 7 nitrogen and oxygen atoms in total. The van der Waals surface area contributed by atoms with Gasteiger partial charge in [-0.1, -0.05) is 0 Å². The van der Waals surface area contributed by atoms with Crippen molar-refractivity contribution in [3.63, 3.8) is 0 Å². The maximum Gasteiger partial charge on any atom is 0.253 e. The number of benzene rings is 1. The van der Waals surface area contributed by atoms with Crippen LogP contribution in [0.2, 0.25) is 0 Å². The molecule has 0 unspecified atom stereocenters. The fraction of sp³-hybridized carbons (Fsp3) is 0.571. The van der Waals surface area contributed by atoms with Crippen LogP contribution in [0.25, 0.3) is 10.2 Å². The number of piperidine rings is 1. The predicted molar refractivity (Wildman–Crippen MR) is 111 cm³/mol. The number of nitrogens with zero attached hydrogens (tertiary/aromatic N) is 2. The molecule has 30 heavy (non-hydrogen) atoms. The molecular weight excluding hydrogens is 409 g/mol. The lowest BCUT2D eigenvalue weighted by molar-refractivity contribution is -0.149. The number of hydrogen-bond donors (Lipinski definition) is 2. The normalized spacial score (nSPS) is 22.6. The molecule has 0 atom stereocenters. The molecule has 9 heteroatoms. The van der Waals surface area contributed by atoms with Crippen LogP contribution in [-0.2, 0) is 9.59 Å². The van der Waals surface area contributed by atoms with E-state index in [4.69, 9.17) is 4.74 Å².